The minimum Gasteiger partial charge on any atom is -0.326 e. The fraction of sp³-hybridized carbons (Fsp3) is 0.353. The highest BCUT2D eigenvalue weighted by Gasteiger charge is 2.33. The lowest BCUT2D eigenvalue weighted by molar-refractivity contribution is -0.120. The van der Waals surface area contributed by atoms with Crippen LogP contribution in [0.15, 0.2) is 44.4 Å². The molecule has 1 N–H and O–H groups in total. The molecular weight excluding hydrogens is 424 g/mol. The van der Waals surface area contributed by atoms with Crippen LogP contribution in [0.25, 0.3) is 0 Å². The molecule has 0 spiro atoms. The number of nitrogens with zero attached hydrogens (tertiary/aromatic N) is 1. The molecule has 1 unspecified atom stereocenters. The van der Waals surface area contributed by atoms with Gasteiger partial charge in [0.2, 0.25) is 5.91 Å². The molecule has 0 bridgehead atoms. The van der Waals surface area contributed by atoms with Crippen molar-refractivity contribution >= 4 is 48.9 Å². The van der Waals surface area contributed by atoms with Crippen LogP contribution in [0.5, 0.6) is 0 Å². The Morgan fingerprint density at radius 1 is 1.36 bits per heavy atom. The molecule has 1 atom stereocenters. The fourth-order valence-electron chi connectivity index (χ4n) is 2.88. The highest BCUT2D eigenvalue weighted by Crippen LogP contribution is 2.27. The number of thiophene rings is 1. The van der Waals surface area contributed by atoms with Crippen LogP contribution in [0.2, 0.25) is 0 Å². The van der Waals surface area contributed by atoms with E-state index in [4.69, 9.17) is 0 Å². The molecule has 1 saturated heterocycles. The second-order valence-corrected chi connectivity index (χ2v) is 10.1. The number of hydrogen-bond acceptors (Lipinski definition) is 4. The van der Waals surface area contributed by atoms with E-state index in [1.54, 1.807) is 17.5 Å². The number of sulfonamides is 1. The third-order valence-corrected chi connectivity index (χ3v) is 8.40. The predicted molar refractivity (Wildman–Crippen MR) is 103 cm³/mol. The van der Waals surface area contributed by atoms with Crippen LogP contribution in [0.1, 0.15) is 18.4 Å². The normalized spacial score (nSPS) is 18.9. The topological polar surface area (TPSA) is 66.5 Å². The summed E-state index contributed by atoms with van der Waals surface area (Å²) >= 11 is 4.64. The van der Waals surface area contributed by atoms with Gasteiger partial charge in [-0.3, -0.25) is 4.79 Å². The fourth-order valence-corrected chi connectivity index (χ4v) is 5.79. The van der Waals surface area contributed by atoms with E-state index < -0.39 is 10.0 Å². The summed E-state index contributed by atoms with van der Waals surface area (Å²) in [6.07, 6.45) is 1.37. The Labute approximate surface area is 160 Å². The molecule has 0 saturated carbocycles. The molecular formula is C17H19BrN2O3S2. The molecule has 1 fully saturated rings. The number of hydrogen-bond donors (Lipinski definition) is 1. The van der Waals surface area contributed by atoms with E-state index in [-0.39, 0.29) is 18.4 Å². The Morgan fingerprint density at radius 2 is 2.16 bits per heavy atom. The number of anilines is 1. The molecule has 3 rings (SSSR count). The average Bonchev–Trinajstić information content (AvgIpc) is 3.14. The van der Waals surface area contributed by atoms with E-state index in [2.05, 4.69) is 21.2 Å². The van der Waals surface area contributed by atoms with Crippen LogP contribution in [-0.2, 0) is 14.8 Å². The third kappa shape index (κ3) is 4.13. The van der Waals surface area contributed by atoms with E-state index in [0.717, 1.165) is 15.7 Å². The van der Waals surface area contributed by atoms with Crippen molar-refractivity contribution < 1.29 is 13.2 Å². The number of benzene rings is 1. The first kappa shape index (κ1) is 18.6. The number of amides is 1. The highest BCUT2D eigenvalue weighted by atomic mass is 79.9. The van der Waals surface area contributed by atoms with Gasteiger partial charge in [-0.25, -0.2) is 8.42 Å². The van der Waals surface area contributed by atoms with Crippen molar-refractivity contribution in [3.8, 4) is 0 Å². The zero-order chi connectivity index (χ0) is 18.0. The van der Waals surface area contributed by atoms with Gasteiger partial charge in [0.25, 0.3) is 10.0 Å². The van der Waals surface area contributed by atoms with Gasteiger partial charge in [0, 0.05) is 23.2 Å². The SMILES string of the molecule is Cc1cc(NC(=O)C2CCCN(S(=O)(=O)c3cccs3)C2)ccc1Br. The van der Waals surface area contributed by atoms with Crippen molar-refractivity contribution in [3.05, 3.63) is 45.7 Å². The molecule has 134 valence electrons. The van der Waals surface area contributed by atoms with Crippen molar-refractivity contribution in [2.45, 2.75) is 24.0 Å². The molecule has 2 heterocycles. The Morgan fingerprint density at radius 3 is 2.84 bits per heavy atom. The second-order valence-electron chi connectivity index (χ2n) is 6.09. The van der Waals surface area contributed by atoms with E-state index in [0.29, 0.717) is 23.6 Å². The maximum atomic E-state index is 12.7. The summed E-state index contributed by atoms with van der Waals surface area (Å²) in [5.41, 5.74) is 1.76. The molecule has 8 heteroatoms. The lowest BCUT2D eigenvalue weighted by Gasteiger charge is -2.30. The second kappa shape index (κ2) is 7.57. The summed E-state index contributed by atoms with van der Waals surface area (Å²) in [5, 5.41) is 4.65. The van der Waals surface area contributed by atoms with E-state index >= 15 is 0 Å². The Balaban J connectivity index is 1.70. The molecule has 1 aliphatic heterocycles. The van der Waals surface area contributed by atoms with Crippen molar-refractivity contribution in [2.75, 3.05) is 18.4 Å². The zero-order valence-corrected chi connectivity index (χ0v) is 17.0. The number of aryl methyl sites for hydroxylation is 1. The Hall–Kier alpha value is -1.22. The highest BCUT2D eigenvalue weighted by molar-refractivity contribution is 9.10. The smallest absolute Gasteiger partial charge is 0.252 e. The van der Waals surface area contributed by atoms with Gasteiger partial charge in [-0.15, -0.1) is 11.3 Å². The van der Waals surface area contributed by atoms with Gasteiger partial charge in [0.15, 0.2) is 0 Å². The number of carbonyl (C=O) groups is 1. The van der Waals surface area contributed by atoms with Crippen LogP contribution in [0, 0.1) is 12.8 Å². The number of rotatable bonds is 4. The Kier molecular flexibility index (Phi) is 5.62. The maximum Gasteiger partial charge on any atom is 0.252 e. The van der Waals surface area contributed by atoms with E-state index in [9.17, 15) is 13.2 Å². The van der Waals surface area contributed by atoms with Gasteiger partial charge in [-0.1, -0.05) is 22.0 Å². The first-order chi connectivity index (χ1) is 11.9. The average molecular weight is 443 g/mol. The number of nitrogens with one attached hydrogen (secondary N) is 1. The lowest BCUT2D eigenvalue weighted by Crippen LogP contribution is -2.43. The molecule has 0 aliphatic carbocycles. The lowest BCUT2D eigenvalue weighted by atomic mass is 9.98. The van der Waals surface area contributed by atoms with Gasteiger partial charge >= 0.3 is 0 Å². The molecule has 1 aromatic heterocycles. The Bertz CT molecular complexity index is 866. The summed E-state index contributed by atoms with van der Waals surface area (Å²) in [4.78, 5) is 12.6. The molecule has 2 aromatic rings. The summed E-state index contributed by atoms with van der Waals surface area (Å²) in [6, 6.07) is 8.94. The maximum absolute atomic E-state index is 12.7. The van der Waals surface area contributed by atoms with Gasteiger partial charge in [0.1, 0.15) is 4.21 Å². The zero-order valence-electron chi connectivity index (χ0n) is 13.7. The predicted octanol–water partition coefficient (Wildman–Crippen LogP) is 3.86. The molecule has 1 aromatic carbocycles. The van der Waals surface area contributed by atoms with E-state index in [1.807, 2.05) is 25.1 Å². The van der Waals surface area contributed by atoms with Gasteiger partial charge in [-0.2, -0.15) is 4.31 Å². The third-order valence-electron chi connectivity index (χ3n) is 4.27. The van der Waals surface area contributed by atoms with Crippen molar-refractivity contribution in [3.63, 3.8) is 0 Å². The molecule has 1 aliphatic rings. The minimum atomic E-state index is -3.50. The van der Waals surface area contributed by atoms with Crippen LogP contribution in [0.3, 0.4) is 0 Å². The van der Waals surface area contributed by atoms with Gasteiger partial charge < -0.3 is 5.32 Å². The van der Waals surface area contributed by atoms with Crippen LogP contribution in [0.4, 0.5) is 5.69 Å². The monoisotopic (exact) mass is 442 g/mol. The van der Waals surface area contributed by atoms with Crippen LogP contribution < -0.4 is 5.32 Å². The van der Waals surface area contributed by atoms with Crippen LogP contribution in [-0.4, -0.2) is 31.7 Å². The van der Waals surface area contributed by atoms with Crippen LogP contribution >= 0.6 is 27.3 Å². The summed E-state index contributed by atoms with van der Waals surface area (Å²) < 4.78 is 28.1. The summed E-state index contributed by atoms with van der Waals surface area (Å²) in [7, 11) is -3.50. The first-order valence-electron chi connectivity index (χ1n) is 7.98. The van der Waals surface area contributed by atoms with Crippen molar-refractivity contribution in [2.24, 2.45) is 5.92 Å². The number of halogens is 1. The number of piperidine rings is 1. The standard InChI is InChI=1S/C17H19BrN2O3S2/c1-12-10-14(6-7-15(12)18)19-17(21)13-4-2-8-20(11-13)25(22,23)16-5-3-9-24-16/h3,5-7,9-10,13H,2,4,8,11H2,1H3,(H,19,21). The summed E-state index contributed by atoms with van der Waals surface area (Å²) in [6.45, 7) is 2.64. The quantitative estimate of drug-likeness (QED) is 0.781. The number of carbonyl (C=O) groups excluding carboxylic acids is 1. The van der Waals surface area contributed by atoms with Crippen molar-refractivity contribution in [1.82, 2.24) is 4.31 Å². The molecule has 1 amide bonds. The molecule has 5 nitrogen and oxygen atoms in total. The minimum absolute atomic E-state index is 0.132. The van der Waals surface area contributed by atoms with Gasteiger partial charge in [0.05, 0.1) is 5.92 Å². The largest absolute Gasteiger partial charge is 0.326 e. The van der Waals surface area contributed by atoms with Crippen molar-refractivity contribution in [1.29, 1.82) is 0 Å². The van der Waals surface area contributed by atoms with Gasteiger partial charge in [-0.05, 0) is 55.0 Å². The molecule has 25 heavy (non-hydrogen) atoms. The molecule has 0 radical (unpaired) electrons. The van der Waals surface area contributed by atoms with E-state index in [1.165, 1.54) is 15.6 Å². The summed E-state index contributed by atoms with van der Waals surface area (Å²) in [5.74, 6) is -0.472. The first-order valence-corrected chi connectivity index (χ1v) is 11.1.